The maximum absolute atomic E-state index is 13.7. The smallest absolute Gasteiger partial charge is 0.123 e. The van der Waals surface area contributed by atoms with Crippen LogP contribution in [0.15, 0.2) is 48.8 Å². The molecular weight excluding hydrogens is 467 g/mol. The molecule has 1 fully saturated rings. The third-order valence-corrected chi connectivity index (χ3v) is 5.96. The number of nitrogens with zero attached hydrogens (tertiary/aromatic N) is 6. The normalized spacial score (nSPS) is 15.0. The number of pyridine rings is 1. The fourth-order valence-corrected chi connectivity index (χ4v) is 4.07. The van der Waals surface area contributed by atoms with Crippen molar-refractivity contribution >= 4 is 33.9 Å². The van der Waals surface area contributed by atoms with Gasteiger partial charge in [-0.2, -0.15) is 10.5 Å². The summed E-state index contributed by atoms with van der Waals surface area (Å²) < 4.78 is 24.9. The minimum atomic E-state index is -1.62. The van der Waals surface area contributed by atoms with Gasteiger partial charge in [-0.05, 0) is 42.7 Å². The average molecular weight is 488 g/mol. The molecular formula is C25H20ClFN8. The van der Waals surface area contributed by atoms with Crippen LogP contribution in [0, 0.1) is 28.5 Å². The van der Waals surface area contributed by atoms with Crippen LogP contribution in [0.25, 0.3) is 10.9 Å². The van der Waals surface area contributed by atoms with Gasteiger partial charge in [0.15, 0.2) is 0 Å². The number of benzene rings is 2. The molecule has 1 aliphatic carbocycles. The molecule has 5 rings (SSSR count). The first-order valence-corrected chi connectivity index (χ1v) is 11.4. The first-order valence-electron chi connectivity index (χ1n) is 11.5. The summed E-state index contributed by atoms with van der Waals surface area (Å²) >= 11 is 6.58. The van der Waals surface area contributed by atoms with Crippen LogP contribution in [0.2, 0.25) is 5.02 Å². The molecule has 0 bridgehead atoms. The molecule has 2 heterocycles. The first kappa shape index (κ1) is 21.3. The molecule has 0 spiro atoms. The van der Waals surface area contributed by atoms with E-state index in [1.165, 1.54) is 30.5 Å². The number of fused-ring (bicyclic) bond motifs is 1. The Kier molecular flexibility index (Phi) is 5.83. The van der Waals surface area contributed by atoms with Gasteiger partial charge in [0.25, 0.3) is 0 Å². The van der Waals surface area contributed by atoms with Gasteiger partial charge < -0.3 is 10.6 Å². The molecule has 0 aliphatic heterocycles. The number of aromatic nitrogens is 4. The Balaban J connectivity index is 1.62. The molecule has 4 aromatic rings. The molecule has 1 saturated carbocycles. The van der Waals surface area contributed by atoms with E-state index in [4.69, 9.17) is 16.9 Å². The molecule has 8 nitrogen and oxygen atoms in total. The number of nitrogens with one attached hydrogen (secondary N) is 2. The lowest BCUT2D eigenvalue weighted by Crippen LogP contribution is -2.13. The predicted molar refractivity (Wildman–Crippen MR) is 130 cm³/mol. The summed E-state index contributed by atoms with van der Waals surface area (Å²) in [6.45, 7) is 0.335. The third kappa shape index (κ3) is 4.72. The maximum atomic E-state index is 13.7. The number of nitriles is 2. The lowest BCUT2D eigenvalue weighted by Gasteiger charge is -2.20. The van der Waals surface area contributed by atoms with Crippen molar-refractivity contribution in [2.75, 3.05) is 17.2 Å². The average Bonchev–Trinajstić information content (AvgIpc) is 3.60. The van der Waals surface area contributed by atoms with E-state index in [2.05, 4.69) is 38.1 Å². The Bertz CT molecular complexity index is 1520. The van der Waals surface area contributed by atoms with Crippen LogP contribution in [0.3, 0.4) is 0 Å². The minimum Gasteiger partial charge on any atom is -0.382 e. The summed E-state index contributed by atoms with van der Waals surface area (Å²) in [6.07, 6.45) is 5.42. The molecule has 2 N–H and O–H groups in total. The molecule has 35 heavy (non-hydrogen) atoms. The summed E-state index contributed by atoms with van der Waals surface area (Å²) in [4.78, 5) is 4.33. The van der Waals surface area contributed by atoms with Crippen molar-refractivity contribution in [2.24, 2.45) is 0 Å². The quantitative estimate of drug-likeness (QED) is 0.322. The van der Waals surface area contributed by atoms with Crippen molar-refractivity contribution in [3.05, 3.63) is 76.5 Å². The molecule has 174 valence electrons. The van der Waals surface area contributed by atoms with Gasteiger partial charge in [0, 0.05) is 23.8 Å². The highest BCUT2D eigenvalue weighted by Crippen LogP contribution is 2.37. The van der Waals surface area contributed by atoms with Crippen molar-refractivity contribution in [2.45, 2.75) is 31.3 Å². The number of hydrogen-bond donors (Lipinski definition) is 2. The zero-order chi connectivity index (χ0) is 25.3. The highest BCUT2D eigenvalue weighted by atomic mass is 35.5. The molecule has 0 amide bonds. The third-order valence-electron chi connectivity index (χ3n) is 5.67. The van der Waals surface area contributed by atoms with E-state index in [9.17, 15) is 11.0 Å². The number of halogens is 2. The van der Waals surface area contributed by atoms with E-state index >= 15 is 0 Å². The second kappa shape index (κ2) is 9.57. The SMILES string of the molecule is [2H][C@@](Nc1cc(Cl)c2ncc(C#N)c(NCCC#N)c2c1)(c1ccc(F)cc1)c1cn(C2CC2)nn1. The maximum Gasteiger partial charge on any atom is 0.123 e. The Morgan fingerprint density at radius 1 is 1.26 bits per heavy atom. The van der Waals surface area contributed by atoms with Crippen LogP contribution in [-0.4, -0.2) is 26.5 Å². The lowest BCUT2D eigenvalue weighted by molar-refractivity contribution is 0.610. The van der Waals surface area contributed by atoms with Crippen LogP contribution in [0.5, 0.6) is 0 Å². The van der Waals surface area contributed by atoms with Crippen molar-refractivity contribution in [1.29, 1.82) is 10.5 Å². The van der Waals surface area contributed by atoms with Crippen LogP contribution >= 0.6 is 11.6 Å². The van der Waals surface area contributed by atoms with Crippen LogP contribution in [-0.2, 0) is 0 Å². The molecule has 2 aromatic carbocycles. The van der Waals surface area contributed by atoms with Crippen molar-refractivity contribution in [1.82, 2.24) is 20.0 Å². The standard InChI is InChI=1S/C25H20ClFN8/c26-21-11-18(10-20-23(30-9-1-8-28)16(12-29)13-31-25(20)21)32-24(15-2-4-17(27)5-3-15)22-14-35(34-33-22)19-6-7-19/h2-5,10-11,13-14,19,24,32H,1,6-7,9H2,(H,30,31)/t24-/m1/s1/i24D. The minimum absolute atomic E-state index is 0.247. The van der Waals surface area contributed by atoms with Crippen molar-refractivity contribution < 1.29 is 5.76 Å². The van der Waals surface area contributed by atoms with E-state index in [0.717, 1.165) is 12.8 Å². The molecule has 1 aliphatic rings. The lowest BCUT2D eigenvalue weighted by atomic mass is 10.0. The van der Waals surface area contributed by atoms with Crippen LogP contribution in [0.4, 0.5) is 15.8 Å². The number of rotatable bonds is 8. The van der Waals surface area contributed by atoms with Crippen LogP contribution < -0.4 is 10.6 Å². The molecule has 0 saturated heterocycles. The van der Waals surface area contributed by atoms with E-state index in [0.29, 0.717) is 50.7 Å². The Hall–Kier alpha value is -4.21. The van der Waals surface area contributed by atoms with Crippen molar-refractivity contribution in [3.8, 4) is 12.1 Å². The molecule has 10 heteroatoms. The van der Waals surface area contributed by atoms with Gasteiger partial charge in [-0.3, -0.25) is 4.98 Å². The Morgan fingerprint density at radius 3 is 2.77 bits per heavy atom. The highest BCUT2D eigenvalue weighted by molar-refractivity contribution is 6.35. The van der Waals surface area contributed by atoms with Gasteiger partial charge >= 0.3 is 0 Å². The summed E-state index contributed by atoms with van der Waals surface area (Å²) in [5.74, 6) is -0.417. The summed E-state index contributed by atoms with van der Waals surface area (Å²) in [5, 5.41) is 34.2. The summed E-state index contributed by atoms with van der Waals surface area (Å²) in [6, 6.07) is 11.8. The summed E-state index contributed by atoms with van der Waals surface area (Å²) in [5.41, 5.74) is 2.54. The zero-order valence-corrected chi connectivity index (χ0v) is 19.2. The zero-order valence-electron chi connectivity index (χ0n) is 19.5. The van der Waals surface area contributed by atoms with E-state index < -0.39 is 11.8 Å². The Labute approximate surface area is 207 Å². The van der Waals surface area contributed by atoms with Gasteiger partial charge in [0.2, 0.25) is 0 Å². The molecule has 2 aromatic heterocycles. The topological polar surface area (TPSA) is 115 Å². The fraction of sp³-hybridized carbons (Fsp3) is 0.240. The Morgan fingerprint density at radius 2 is 2.06 bits per heavy atom. The van der Waals surface area contributed by atoms with E-state index in [1.54, 1.807) is 23.0 Å². The van der Waals surface area contributed by atoms with Crippen LogP contribution in [0.1, 0.15) is 49.5 Å². The van der Waals surface area contributed by atoms with Gasteiger partial charge in [0.05, 0.1) is 53.9 Å². The number of anilines is 2. The van der Waals surface area contributed by atoms with E-state index in [1.807, 2.05) is 0 Å². The van der Waals surface area contributed by atoms with Gasteiger partial charge in [-0.1, -0.05) is 28.9 Å². The second-order valence-electron chi connectivity index (χ2n) is 8.17. The largest absolute Gasteiger partial charge is 0.382 e. The van der Waals surface area contributed by atoms with Gasteiger partial charge in [-0.15, -0.1) is 5.10 Å². The first-order chi connectivity index (χ1) is 17.4. The second-order valence-corrected chi connectivity index (χ2v) is 8.58. The molecule has 1 atom stereocenters. The predicted octanol–water partition coefficient (Wildman–Crippen LogP) is 5.35. The number of hydrogen-bond acceptors (Lipinski definition) is 7. The molecule has 0 radical (unpaired) electrons. The monoisotopic (exact) mass is 487 g/mol. The summed E-state index contributed by atoms with van der Waals surface area (Å²) in [7, 11) is 0. The highest BCUT2D eigenvalue weighted by Gasteiger charge is 2.27. The fourth-order valence-electron chi connectivity index (χ4n) is 3.80. The van der Waals surface area contributed by atoms with Gasteiger partial charge in [0.1, 0.15) is 17.6 Å². The van der Waals surface area contributed by atoms with Gasteiger partial charge in [-0.25, -0.2) is 9.07 Å². The van der Waals surface area contributed by atoms with E-state index in [-0.39, 0.29) is 12.5 Å². The molecule has 0 unspecified atom stereocenters. The van der Waals surface area contributed by atoms with Crippen molar-refractivity contribution in [3.63, 3.8) is 0 Å².